The smallest absolute Gasteiger partial charge is 0.343 e. The van der Waals surface area contributed by atoms with Gasteiger partial charge in [0.05, 0.1) is 11.1 Å². The highest BCUT2D eigenvalue weighted by molar-refractivity contribution is 5.91. The lowest BCUT2D eigenvalue weighted by Crippen LogP contribution is -2.18. The van der Waals surface area contributed by atoms with E-state index in [-0.39, 0.29) is 18.0 Å². The van der Waals surface area contributed by atoms with Crippen molar-refractivity contribution in [3.8, 4) is 5.75 Å². The molecule has 0 saturated carbocycles. The van der Waals surface area contributed by atoms with Crippen molar-refractivity contribution in [1.82, 2.24) is 0 Å². The number of allylic oxidation sites excluding steroid dienone is 2. The molecule has 0 saturated heterocycles. The standard InChI is InChI=1S/C29H26O4/c1-20-7-3-11-24(15-20)28(30)32-26-13-5-9-22(18-26)17-23-10-6-14-27(19-23)33-29(31)25-12-4-8-21(2)16-25/h3-13,15-16,18-19,27H,14,17H2,1-2H3. The highest BCUT2D eigenvalue weighted by Crippen LogP contribution is 2.22. The van der Waals surface area contributed by atoms with E-state index >= 15 is 0 Å². The zero-order valence-electron chi connectivity index (χ0n) is 18.8. The third-order valence-electron chi connectivity index (χ3n) is 5.38. The molecule has 4 nitrogen and oxygen atoms in total. The quantitative estimate of drug-likeness (QED) is 0.341. The highest BCUT2D eigenvalue weighted by Gasteiger charge is 2.17. The van der Waals surface area contributed by atoms with Crippen molar-refractivity contribution in [3.63, 3.8) is 0 Å². The van der Waals surface area contributed by atoms with Gasteiger partial charge in [-0.3, -0.25) is 0 Å². The summed E-state index contributed by atoms with van der Waals surface area (Å²) in [5, 5.41) is 0. The Morgan fingerprint density at radius 3 is 2.21 bits per heavy atom. The normalized spacial score (nSPS) is 15.0. The average Bonchev–Trinajstić information content (AvgIpc) is 2.79. The number of carbonyl (C=O) groups excluding carboxylic acids is 2. The van der Waals surface area contributed by atoms with Gasteiger partial charge in [-0.2, -0.15) is 0 Å². The largest absolute Gasteiger partial charge is 0.454 e. The first-order valence-corrected chi connectivity index (χ1v) is 11.0. The number of rotatable bonds is 6. The van der Waals surface area contributed by atoms with Gasteiger partial charge in [0.15, 0.2) is 0 Å². The third kappa shape index (κ3) is 6.07. The molecule has 0 amide bonds. The van der Waals surface area contributed by atoms with E-state index < -0.39 is 0 Å². The second kappa shape index (κ2) is 10.1. The second-order valence-corrected chi connectivity index (χ2v) is 8.28. The summed E-state index contributed by atoms with van der Waals surface area (Å²) in [5.41, 5.74) is 5.16. The van der Waals surface area contributed by atoms with E-state index in [1.165, 1.54) is 0 Å². The molecule has 0 aromatic heterocycles. The fraction of sp³-hybridized carbons (Fsp3) is 0.172. The highest BCUT2D eigenvalue weighted by atomic mass is 16.5. The molecule has 0 heterocycles. The lowest BCUT2D eigenvalue weighted by Gasteiger charge is -2.18. The van der Waals surface area contributed by atoms with Gasteiger partial charge in [-0.05, 0) is 73.9 Å². The van der Waals surface area contributed by atoms with Crippen molar-refractivity contribution in [2.45, 2.75) is 32.8 Å². The van der Waals surface area contributed by atoms with Gasteiger partial charge in [0.1, 0.15) is 11.9 Å². The SMILES string of the molecule is Cc1cccc(C(=O)Oc2cccc(CC3=CC(OC(=O)c4cccc(C)c4)CC=C3)c2)c1. The Kier molecular flexibility index (Phi) is 6.84. The van der Waals surface area contributed by atoms with Crippen molar-refractivity contribution >= 4 is 11.9 Å². The fourth-order valence-corrected chi connectivity index (χ4v) is 3.79. The number of hydrogen-bond acceptors (Lipinski definition) is 4. The molecule has 4 heteroatoms. The van der Waals surface area contributed by atoms with Crippen LogP contribution in [-0.2, 0) is 11.2 Å². The Morgan fingerprint density at radius 2 is 1.52 bits per heavy atom. The van der Waals surface area contributed by atoms with E-state index in [4.69, 9.17) is 9.47 Å². The van der Waals surface area contributed by atoms with E-state index in [2.05, 4.69) is 0 Å². The van der Waals surface area contributed by atoms with Crippen LogP contribution in [0.1, 0.15) is 43.8 Å². The van der Waals surface area contributed by atoms with Gasteiger partial charge in [0.25, 0.3) is 0 Å². The van der Waals surface area contributed by atoms with E-state index in [1.807, 2.05) is 86.7 Å². The third-order valence-corrected chi connectivity index (χ3v) is 5.38. The van der Waals surface area contributed by atoms with Crippen LogP contribution in [-0.4, -0.2) is 18.0 Å². The van der Waals surface area contributed by atoms with Crippen molar-refractivity contribution in [2.24, 2.45) is 0 Å². The molecular formula is C29H26O4. The number of hydrogen-bond donors (Lipinski definition) is 0. The summed E-state index contributed by atoms with van der Waals surface area (Å²) >= 11 is 0. The van der Waals surface area contributed by atoms with Crippen LogP contribution in [0.4, 0.5) is 0 Å². The summed E-state index contributed by atoms with van der Waals surface area (Å²) < 4.78 is 11.3. The molecule has 1 aliphatic carbocycles. The van der Waals surface area contributed by atoms with E-state index in [9.17, 15) is 9.59 Å². The van der Waals surface area contributed by atoms with E-state index in [1.54, 1.807) is 18.2 Å². The molecule has 0 fully saturated rings. The Morgan fingerprint density at radius 1 is 0.848 bits per heavy atom. The monoisotopic (exact) mass is 438 g/mol. The number of aryl methyl sites for hydroxylation is 2. The number of ether oxygens (including phenoxy) is 2. The van der Waals surface area contributed by atoms with Crippen LogP contribution in [0.15, 0.2) is 96.6 Å². The van der Waals surface area contributed by atoms with Crippen molar-refractivity contribution in [3.05, 3.63) is 124 Å². The number of benzene rings is 3. The Bertz CT molecular complexity index is 1240. The lowest BCUT2D eigenvalue weighted by molar-refractivity contribution is 0.0396. The number of esters is 2. The Balaban J connectivity index is 1.41. The molecule has 0 aliphatic heterocycles. The van der Waals surface area contributed by atoms with Gasteiger partial charge in [-0.15, -0.1) is 0 Å². The fourth-order valence-electron chi connectivity index (χ4n) is 3.79. The first kappa shape index (κ1) is 22.3. The molecule has 33 heavy (non-hydrogen) atoms. The predicted molar refractivity (Wildman–Crippen MR) is 129 cm³/mol. The summed E-state index contributed by atoms with van der Waals surface area (Å²) in [4.78, 5) is 24.9. The van der Waals surface area contributed by atoms with Gasteiger partial charge in [0.2, 0.25) is 0 Å². The van der Waals surface area contributed by atoms with E-state index in [0.717, 1.165) is 22.3 Å². The predicted octanol–water partition coefficient (Wildman–Crippen LogP) is 6.18. The Labute approximate surface area is 194 Å². The maximum Gasteiger partial charge on any atom is 0.343 e. The van der Waals surface area contributed by atoms with Crippen molar-refractivity contribution in [2.75, 3.05) is 0 Å². The molecule has 166 valence electrons. The summed E-state index contributed by atoms with van der Waals surface area (Å²) in [7, 11) is 0. The van der Waals surface area contributed by atoms with Crippen LogP contribution in [0.3, 0.4) is 0 Å². The minimum Gasteiger partial charge on any atom is -0.454 e. The summed E-state index contributed by atoms with van der Waals surface area (Å²) in [6, 6.07) is 22.2. The van der Waals surface area contributed by atoms with Gasteiger partial charge in [-0.1, -0.05) is 59.7 Å². The minimum absolute atomic E-state index is 0.305. The molecule has 1 aliphatic rings. The zero-order chi connectivity index (χ0) is 23.2. The minimum atomic E-state index is -0.379. The molecule has 1 unspecified atom stereocenters. The molecule has 0 radical (unpaired) electrons. The van der Waals surface area contributed by atoms with Crippen LogP contribution < -0.4 is 4.74 Å². The summed E-state index contributed by atoms with van der Waals surface area (Å²) in [5.74, 6) is -0.197. The van der Waals surface area contributed by atoms with Crippen molar-refractivity contribution in [1.29, 1.82) is 0 Å². The van der Waals surface area contributed by atoms with Crippen molar-refractivity contribution < 1.29 is 19.1 Å². The van der Waals surface area contributed by atoms with Gasteiger partial charge in [-0.25, -0.2) is 9.59 Å². The van der Waals surface area contributed by atoms with Crippen LogP contribution in [0, 0.1) is 13.8 Å². The molecule has 3 aromatic carbocycles. The molecule has 4 rings (SSSR count). The molecule has 0 spiro atoms. The van der Waals surface area contributed by atoms with Crippen LogP contribution >= 0.6 is 0 Å². The van der Waals surface area contributed by atoms with Crippen LogP contribution in [0.2, 0.25) is 0 Å². The topological polar surface area (TPSA) is 52.6 Å². The lowest BCUT2D eigenvalue weighted by atomic mass is 9.98. The molecule has 1 atom stereocenters. The maximum atomic E-state index is 12.5. The second-order valence-electron chi connectivity index (χ2n) is 8.28. The molecule has 0 N–H and O–H groups in total. The van der Waals surface area contributed by atoms with Crippen LogP contribution in [0.25, 0.3) is 0 Å². The average molecular weight is 439 g/mol. The zero-order valence-corrected chi connectivity index (χ0v) is 18.8. The first-order valence-electron chi connectivity index (χ1n) is 11.0. The van der Waals surface area contributed by atoms with Gasteiger partial charge >= 0.3 is 11.9 Å². The molecule has 0 bridgehead atoms. The van der Waals surface area contributed by atoms with Crippen LogP contribution in [0.5, 0.6) is 5.75 Å². The summed E-state index contributed by atoms with van der Waals surface area (Å²) in [6.45, 7) is 3.89. The maximum absolute atomic E-state index is 12.5. The molecular weight excluding hydrogens is 412 g/mol. The first-order chi connectivity index (χ1) is 16.0. The summed E-state index contributed by atoms with van der Waals surface area (Å²) in [6.07, 6.45) is 7.03. The van der Waals surface area contributed by atoms with E-state index in [0.29, 0.717) is 29.7 Å². The molecule has 3 aromatic rings. The Hall–Kier alpha value is -3.92. The van der Waals surface area contributed by atoms with Gasteiger partial charge < -0.3 is 9.47 Å². The number of carbonyl (C=O) groups is 2. The van der Waals surface area contributed by atoms with Gasteiger partial charge in [0, 0.05) is 6.42 Å².